The molecule has 0 aliphatic carbocycles. The number of fused-ring (bicyclic) bond motifs is 1. The third-order valence-electron chi connectivity index (χ3n) is 4.78. The van der Waals surface area contributed by atoms with Crippen LogP contribution >= 0.6 is 0 Å². The molecule has 1 N–H and O–H groups in total. The lowest BCUT2D eigenvalue weighted by Crippen LogP contribution is -2.29. The Morgan fingerprint density at radius 2 is 1.80 bits per heavy atom. The highest BCUT2D eigenvalue weighted by Crippen LogP contribution is 2.28. The zero-order valence-electron chi connectivity index (χ0n) is 19.1. The smallest absolute Gasteiger partial charge is 0.244 e. The molecule has 2 heterocycles. The third-order valence-corrected chi connectivity index (χ3v) is 6.26. The Morgan fingerprint density at radius 3 is 2.57 bits per heavy atom. The molecule has 2 aromatic heterocycles. The van der Waals surface area contributed by atoms with Gasteiger partial charge in [0.2, 0.25) is 15.9 Å². The molecule has 0 unspecified atom stereocenters. The van der Waals surface area contributed by atoms with Gasteiger partial charge in [0.1, 0.15) is 28.8 Å². The Kier molecular flexibility index (Phi) is 7.42. The maximum Gasteiger partial charge on any atom is 0.244 e. The molecule has 0 fully saturated rings. The highest BCUT2D eigenvalue weighted by Gasteiger charge is 2.21. The summed E-state index contributed by atoms with van der Waals surface area (Å²) >= 11 is 0. The van der Waals surface area contributed by atoms with Gasteiger partial charge < -0.3 is 14.2 Å². The van der Waals surface area contributed by atoms with Crippen LogP contribution < -0.4 is 18.9 Å². The van der Waals surface area contributed by atoms with Gasteiger partial charge in [-0.2, -0.15) is 4.52 Å². The van der Waals surface area contributed by atoms with Crippen molar-refractivity contribution in [3.63, 3.8) is 0 Å². The highest BCUT2D eigenvalue weighted by atomic mass is 32.2. The normalized spacial score (nSPS) is 11.5. The molecule has 35 heavy (non-hydrogen) atoms. The lowest BCUT2D eigenvalue weighted by atomic mass is 10.2. The molecular formula is C23H24FN5O5S. The molecule has 0 aliphatic heterocycles. The summed E-state index contributed by atoms with van der Waals surface area (Å²) in [4.78, 5) is -0.0194. The Bertz CT molecular complexity index is 1430. The molecule has 0 saturated heterocycles. The van der Waals surface area contributed by atoms with Crippen molar-refractivity contribution in [2.45, 2.75) is 18.7 Å². The maximum atomic E-state index is 13.6. The Balaban J connectivity index is 1.44. The van der Waals surface area contributed by atoms with Gasteiger partial charge in [-0.1, -0.05) is 12.1 Å². The number of nitrogens with zero attached hydrogens (tertiary/aromatic N) is 4. The predicted octanol–water partition coefficient (Wildman–Crippen LogP) is 3.09. The molecule has 0 aliphatic rings. The van der Waals surface area contributed by atoms with E-state index in [-0.39, 0.29) is 29.7 Å². The Hall–Kier alpha value is -3.77. The lowest BCUT2D eigenvalue weighted by molar-refractivity contribution is 0.305. The number of hydrogen-bond acceptors (Lipinski definition) is 8. The summed E-state index contributed by atoms with van der Waals surface area (Å²) in [6, 6.07) is 13.8. The molecule has 4 aromatic rings. The summed E-state index contributed by atoms with van der Waals surface area (Å²) in [7, 11) is -3.90. The van der Waals surface area contributed by atoms with E-state index >= 15 is 0 Å². The number of hydrogen-bond donors (Lipinski definition) is 1. The highest BCUT2D eigenvalue weighted by molar-refractivity contribution is 7.89. The van der Waals surface area contributed by atoms with Crippen molar-refractivity contribution < 1.29 is 27.0 Å². The zero-order chi connectivity index (χ0) is 24.8. The van der Waals surface area contributed by atoms with E-state index < -0.39 is 15.8 Å². The maximum absolute atomic E-state index is 13.6. The summed E-state index contributed by atoms with van der Waals surface area (Å²) in [5, 5.41) is 12.4. The second kappa shape index (κ2) is 10.7. The zero-order valence-corrected chi connectivity index (χ0v) is 20.0. The molecule has 0 spiro atoms. The van der Waals surface area contributed by atoms with Crippen LogP contribution in [0.2, 0.25) is 0 Å². The number of aromatic nitrogens is 4. The van der Waals surface area contributed by atoms with Gasteiger partial charge >= 0.3 is 0 Å². The van der Waals surface area contributed by atoms with Gasteiger partial charge in [0.05, 0.1) is 13.2 Å². The fourth-order valence-corrected chi connectivity index (χ4v) is 4.47. The summed E-state index contributed by atoms with van der Waals surface area (Å²) in [6.45, 7) is 4.28. The van der Waals surface area contributed by atoms with Crippen molar-refractivity contribution in [2.75, 3.05) is 26.4 Å². The van der Waals surface area contributed by atoms with Gasteiger partial charge in [-0.25, -0.2) is 17.5 Å². The first-order chi connectivity index (χ1) is 16.9. The van der Waals surface area contributed by atoms with Crippen molar-refractivity contribution >= 4 is 15.7 Å². The number of nitrogens with one attached hydrogen (secondary N) is 1. The van der Waals surface area contributed by atoms with Crippen molar-refractivity contribution in [2.24, 2.45) is 0 Å². The van der Waals surface area contributed by atoms with Gasteiger partial charge in [0.15, 0.2) is 11.5 Å². The number of rotatable bonds is 11. The van der Waals surface area contributed by atoms with Crippen molar-refractivity contribution in [1.82, 2.24) is 24.5 Å². The molecule has 10 nitrogen and oxygen atoms in total. The summed E-state index contributed by atoms with van der Waals surface area (Å²) in [6.07, 6.45) is 0. The molecule has 4 rings (SSSR count). The molecule has 0 amide bonds. The van der Waals surface area contributed by atoms with Crippen LogP contribution in [-0.4, -0.2) is 54.6 Å². The van der Waals surface area contributed by atoms with Crippen molar-refractivity contribution in [3.05, 3.63) is 60.4 Å². The summed E-state index contributed by atoms with van der Waals surface area (Å²) in [5.41, 5.74) is 0.962. The molecule has 0 saturated carbocycles. The minimum Gasteiger partial charge on any atom is -0.494 e. The van der Waals surface area contributed by atoms with Gasteiger partial charge in [-0.15, -0.1) is 15.3 Å². The first-order valence-corrected chi connectivity index (χ1v) is 12.4. The minimum atomic E-state index is -3.90. The van der Waals surface area contributed by atoms with Gasteiger partial charge in [-0.3, -0.25) is 0 Å². The van der Waals surface area contributed by atoms with E-state index in [1.807, 2.05) is 6.92 Å². The lowest BCUT2D eigenvalue weighted by Gasteiger charge is -2.14. The summed E-state index contributed by atoms with van der Waals surface area (Å²) < 4.78 is 59.9. The third kappa shape index (κ3) is 5.66. The van der Waals surface area contributed by atoms with Crippen LogP contribution in [0.3, 0.4) is 0 Å². The van der Waals surface area contributed by atoms with E-state index in [0.717, 1.165) is 0 Å². The van der Waals surface area contributed by atoms with Gasteiger partial charge in [0, 0.05) is 24.2 Å². The minimum absolute atomic E-state index is 0.00425. The van der Waals surface area contributed by atoms with E-state index in [1.165, 1.54) is 22.7 Å². The van der Waals surface area contributed by atoms with E-state index in [1.54, 1.807) is 43.3 Å². The van der Waals surface area contributed by atoms with Gasteiger partial charge in [-0.05, 0) is 44.2 Å². The Morgan fingerprint density at radius 1 is 0.971 bits per heavy atom. The topological polar surface area (TPSA) is 117 Å². The number of ether oxygens (including phenoxy) is 3. The average Bonchev–Trinajstić information content (AvgIpc) is 3.26. The fraction of sp³-hybridized carbons (Fsp3) is 0.261. The second-order valence-electron chi connectivity index (χ2n) is 7.20. The number of halogens is 1. The average molecular weight is 502 g/mol. The van der Waals surface area contributed by atoms with Gasteiger partial charge in [0.25, 0.3) is 0 Å². The van der Waals surface area contributed by atoms with Crippen LogP contribution in [0.5, 0.6) is 17.4 Å². The second-order valence-corrected chi connectivity index (χ2v) is 8.93. The van der Waals surface area contributed by atoms with E-state index in [4.69, 9.17) is 14.2 Å². The van der Waals surface area contributed by atoms with E-state index in [2.05, 4.69) is 20.0 Å². The molecule has 0 bridgehead atoms. The Labute approximate surface area is 201 Å². The van der Waals surface area contributed by atoms with Crippen LogP contribution in [0.25, 0.3) is 17.0 Å². The first-order valence-electron chi connectivity index (χ1n) is 10.9. The van der Waals surface area contributed by atoms with Crippen LogP contribution in [0, 0.1) is 5.82 Å². The van der Waals surface area contributed by atoms with Crippen LogP contribution in [0.4, 0.5) is 4.39 Å². The fourth-order valence-electron chi connectivity index (χ4n) is 3.30. The van der Waals surface area contributed by atoms with Crippen molar-refractivity contribution in [1.29, 1.82) is 0 Å². The van der Waals surface area contributed by atoms with Crippen LogP contribution in [0.15, 0.2) is 59.5 Å². The SMILES string of the molecule is CCOc1ccc(OCC)c(S(=O)(=O)NCCOc2ccc3nnc(-c4cccc(F)c4)n3n2)c1. The van der Waals surface area contributed by atoms with Crippen LogP contribution in [-0.2, 0) is 10.0 Å². The standard InChI is InChI=1S/C23H24FN5O5S/c1-3-32-18-8-9-19(33-4-2)20(15-18)35(30,31)25-12-13-34-22-11-10-21-26-27-23(29(21)28-22)16-6-5-7-17(24)14-16/h5-11,14-15,25H,3-4,12-13H2,1-2H3. The van der Waals surface area contributed by atoms with E-state index in [0.29, 0.717) is 36.0 Å². The first kappa shape index (κ1) is 24.4. The number of benzene rings is 2. The van der Waals surface area contributed by atoms with E-state index in [9.17, 15) is 12.8 Å². The summed E-state index contributed by atoms with van der Waals surface area (Å²) in [5.74, 6) is 0.825. The molecule has 0 atom stereocenters. The van der Waals surface area contributed by atoms with Crippen LogP contribution in [0.1, 0.15) is 13.8 Å². The quantitative estimate of drug-likeness (QED) is 0.312. The molecule has 184 valence electrons. The molecular weight excluding hydrogens is 477 g/mol. The van der Waals surface area contributed by atoms with Crippen molar-refractivity contribution in [3.8, 4) is 28.8 Å². The molecule has 0 radical (unpaired) electrons. The largest absolute Gasteiger partial charge is 0.494 e. The monoisotopic (exact) mass is 501 g/mol. The number of sulfonamides is 1. The molecule has 2 aromatic carbocycles. The predicted molar refractivity (Wildman–Crippen MR) is 126 cm³/mol. The molecule has 12 heteroatoms.